The molecule has 3 aromatic rings. The number of benzene rings is 2. The summed E-state index contributed by atoms with van der Waals surface area (Å²) in [5.41, 5.74) is 3.87. The first kappa shape index (κ1) is 17.8. The van der Waals surface area contributed by atoms with Gasteiger partial charge in [0, 0.05) is 18.1 Å². The molecular weight excluding hydrogens is 336 g/mol. The number of nitrogens with zero attached hydrogens (tertiary/aromatic N) is 1. The van der Waals surface area contributed by atoms with E-state index in [0.29, 0.717) is 36.9 Å². The van der Waals surface area contributed by atoms with E-state index < -0.39 is 5.91 Å². The van der Waals surface area contributed by atoms with Crippen LogP contribution in [0.2, 0.25) is 0 Å². The van der Waals surface area contributed by atoms with E-state index in [9.17, 15) is 4.79 Å². The van der Waals surface area contributed by atoms with Gasteiger partial charge in [0.05, 0.1) is 13.2 Å². The lowest BCUT2D eigenvalue weighted by Crippen LogP contribution is -2.18. The number of fused-ring (bicyclic) bond motifs is 1. The molecule has 0 saturated heterocycles. The topological polar surface area (TPSA) is 93.8 Å². The highest BCUT2D eigenvalue weighted by atomic mass is 16.5. The van der Waals surface area contributed by atoms with E-state index in [1.54, 1.807) is 5.48 Å². The fraction of sp³-hybridized carbons (Fsp3) is 0.263. The van der Waals surface area contributed by atoms with E-state index in [-0.39, 0.29) is 6.42 Å². The molecule has 136 valence electrons. The zero-order valence-corrected chi connectivity index (χ0v) is 14.4. The average molecular weight is 356 g/mol. The molecular formula is C19H20N2O5. The van der Waals surface area contributed by atoms with Gasteiger partial charge in [0.25, 0.3) is 0 Å². The first-order valence-electron chi connectivity index (χ1n) is 8.39. The number of carbonyl (C=O) groups excluding carboxylic acids is 1. The SMILES string of the molecule is CCOc1ccc2nc(-c3ccc(OCCCC(=O)NO)cc3)oc2c1. The minimum atomic E-state index is -0.424. The van der Waals surface area contributed by atoms with Gasteiger partial charge in [-0.25, -0.2) is 10.5 Å². The molecule has 3 rings (SSSR count). The van der Waals surface area contributed by atoms with Gasteiger partial charge in [-0.15, -0.1) is 0 Å². The Morgan fingerprint density at radius 3 is 2.65 bits per heavy atom. The maximum Gasteiger partial charge on any atom is 0.243 e. The van der Waals surface area contributed by atoms with Gasteiger partial charge >= 0.3 is 0 Å². The molecule has 0 saturated carbocycles. The van der Waals surface area contributed by atoms with Crippen LogP contribution in [0, 0.1) is 0 Å². The molecule has 0 atom stereocenters. The van der Waals surface area contributed by atoms with E-state index in [0.717, 1.165) is 16.8 Å². The molecule has 0 bridgehead atoms. The van der Waals surface area contributed by atoms with E-state index in [1.165, 1.54) is 0 Å². The third-order valence-electron chi connectivity index (χ3n) is 3.71. The molecule has 0 radical (unpaired) electrons. The number of carbonyl (C=O) groups is 1. The average Bonchev–Trinajstić information content (AvgIpc) is 3.09. The van der Waals surface area contributed by atoms with Crippen molar-refractivity contribution in [3.05, 3.63) is 42.5 Å². The minimum absolute atomic E-state index is 0.210. The van der Waals surface area contributed by atoms with Gasteiger partial charge < -0.3 is 13.9 Å². The van der Waals surface area contributed by atoms with Crippen LogP contribution >= 0.6 is 0 Å². The van der Waals surface area contributed by atoms with Crippen molar-refractivity contribution in [2.24, 2.45) is 0 Å². The summed E-state index contributed by atoms with van der Waals surface area (Å²) in [5.74, 6) is 1.54. The molecule has 1 amide bonds. The maximum atomic E-state index is 10.9. The Morgan fingerprint density at radius 2 is 1.92 bits per heavy atom. The lowest BCUT2D eigenvalue weighted by atomic mass is 10.2. The monoisotopic (exact) mass is 356 g/mol. The van der Waals surface area contributed by atoms with Crippen molar-refractivity contribution in [3.63, 3.8) is 0 Å². The Balaban J connectivity index is 1.64. The Morgan fingerprint density at radius 1 is 1.15 bits per heavy atom. The van der Waals surface area contributed by atoms with E-state index in [4.69, 9.17) is 19.1 Å². The number of oxazole rings is 1. The number of aromatic nitrogens is 1. The van der Waals surface area contributed by atoms with Gasteiger partial charge in [-0.05, 0) is 49.7 Å². The molecule has 0 aliphatic carbocycles. The van der Waals surface area contributed by atoms with Crippen LogP contribution in [-0.2, 0) is 4.79 Å². The standard InChI is InChI=1S/C19H20N2O5/c1-2-24-15-9-10-16-17(12-15)26-19(20-16)13-5-7-14(8-6-13)25-11-3-4-18(22)21-23/h5-10,12,23H,2-4,11H2,1H3,(H,21,22). The molecule has 0 aliphatic heterocycles. The summed E-state index contributed by atoms with van der Waals surface area (Å²) in [6.07, 6.45) is 0.725. The fourth-order valence-corrected chi connectivity index (χ4v) is 2.46. The quantitative estimate of drug-likeness (QED) is 0.364. The van der Waals surface area contributed by atoms with Crippen LogP contribution in [0.15, 0.2) is 46.9 Å². The van der Waals surface area contributed by atoms with E-state index >= 15 is 0 Å². The Bertz CT molecular complexity index is 873. The molecule has 0 fully saturated rings. The van der Waals surface area contributed by atoms with Crippen molar-refractivity contribution in [1.82, 2.24) is 10.5 Å². The van der Waals surface area contributed by atoms with Gasteiger partial charge in [0.2, 0.25) is 11.8 Å². The summed E-state index contributed by atoms with van der Waals surface area (Å²) in [7, 11) is 0. The second-order valence-corrected chi connectivity index (χ2v) is 5.59. The molecule has 2 aromatic carbocycles. The number of nitrogens with one attached hydrogen (secondary N) is 1. The fourth-order valence-electron chi connectivity index (χ4n) is 2.46. The van der Waals surface area contributed by atoms with Crippen molar-refractivity contribution in [2.45, 2.75) is 19.8 Å². The number of hydroxylamine groups is 1. The van der Waals surface area contributed by atoms with Crippen LogP contribution in [0.25, 0.3) is 22.6 Å². The van der Waals surface area contributed by atoms with Gasteiger partial charge in [0.15, 0.2) is 5.58 Å². The molecule has 1 aromatic heterocycles. The van der Waals surface area contributed by atoms with E-state index in [1.807, 2.05) is 49.4 Å². The predicted molar refractivity (Wildman–Crippen MR) is 95.3 cm³/mol. The van der Waals surface area contributed by atoms with Crippen LogP contribution in [0.3, 0.4) is 0 Å². The van der Waals surface area contributed by atoms with Gasteiger partial charge in [0.1, 0.15) is 17.0 Å². The smallest absolute Gasteiger partial charge is 0.243 e. The molecule has 2 N–H and O–H groups in total. The third kappa shape index (κ3) is 4.31. The molecule has 1 heterocycles. The summed E-state index contributed by atoms with van der Waals surface area (Å²) < 4.78 is 16.9. The summed E-state index contributed by atoms with van der Waals surface area (Å²) in [6, 6.07) is 12.9. The number of amides is 1. The predicted octanol–water partition coefficient (Wildman–Crippen LogP) is 3.56. The van der Waals surface area contributed by atoms with Crippen molar-refractivity contribution >= 4 is 17.0 Å². The van der Waals surface area contributed by atoms with Crippen molar-refractivity contribution in [3.8, 4) is 23.0 Å². The minimum Gasteiger partial charge on any atom is -0.494 e. The van der Waals surface area contributed by atoms with Gasteiger partial charge in [-0.1, -0.05) is 0 Å². The first-order valence-corrected chi connectivity index (χ1v) is 8.39. The van der Waals surface area contributed by atoms with Gasteiger partial charge in [-0.3, -0.25) is 10.0 Å². The maximum absolute atomic E-state index is 10.9. The van der Waals surface area contributed by atoms with Crippen LogP contribution in [0.5, 0.6) is 11.5 Å². The van der Waals surface area contributed by atoms with Crippen molar-refractivity contribution < 1.29 is 23.9 Å². The lowest BCUT2D eigenvalue weighted by Gasteiger charge is -2.06. The molecule has 0 spiro atoms. The van der Waals surface area contributed by atoms with Gasteiger partial charge in [-0.2, -0.15) is 0 Å². The summed E-state index contributed by atoms with van der Waals surface area (Å²) in [6.45, 7) is 2.91. The molecule has 7 nitrogen and oxygen atoms in total. The number of hydrogen-bond acceptors (Lipinski definition) is 6. The van der Waals surface area contributed by atoms with Crippen molar-refractivity contribution in [1.29, 1.82) is 0 Å². The molecule has 0 unspecified atom stereocenters. The number of hydrogen-bond donors (Lipinski definition) is 2. The lowest BCUT2D eigenvalue weighted by molar-refractivity contribution is -0.129. The van der Waals surface area contributed by atoms with Crippen LogP contribution in [0.1, 0.15) is 19.8 Å². The molecule has 7 heteroatoms. The Kier molecular flexibility index (Phi) is 5.70. The largest absolute Gasteiger partial charge is 0.494 e. The molecule has 26 heavy (non-hydrogen) atoms. The number of ether oxygens (including phenoxy) is 2. The third-order valence-corrected chi connectivity index (χ3v) is 3.71. The summed E-state index contributed by atoms with van der Waals surface area (Å²) in [4.78, 5) is 15.4. The summed E-state index contributed by atoms with van der Waals surface area (Å²) in [5, 5.41) is 8.42. The Hall–Kier alpha value is -3.06. The van der Waals surface area contributed by atoms with Crippen LogP contribution in [0.4, 0.5) is 0 Å². The second-order valence-electron chi connectivity index (χ2n) is 5.59. The van der Waals surface area contributed by atoms with Crippen molar-refractivity contribution in [2.75, 3.05) is 13.2 Å². The number of rotatable bonds is 8. The second kappa shape index (κ2) is 8.35. The zero-order valence-electron chi connectivity index (χ0n) is 14.4. The highest BCUT2D eigenvalue weighted by Gasteiger charge is 2.09. The highest BCUT2D eigenvalue weighted by Crippen LogP contribution is 2.28. The highest BCUT2D eigenvalue weighted by molar-refractivity contribution is 5.77. The summed E-state index contributed by atoms with van der Waals surface area (Å²) >= 11 is 0. The normalized spacial score (nSPS) is 10.7. The van der Waals surface area contributed by atoms with Crippen LogP contribution < -0.4 is 15.0 Å². The first-order chi connectivity index (χ1) is 12.7. The Labute approximate surface area is 150 Å². The zero-order chi connectivity index (χ0) is 18.4. The van der Waals surface area contributed by atoms with E-state index in [2.05, 4.69) is 4.98 Å². The molecule has 0 aliphatic rings. The van der Waals surface area contributed by atoms with Crippen LogP contribution in [-0.4, -0.2) is 29.3 Å².